The molecule has 0 aliphatic rings. The van der Waals surface area contributed by atoms with Gasteiger partial charge in [-0.2, -0.15) is 0 Å². The van der Waals surface area contributed by atoms with E-state index in [4.69, 9.17) is 4.74 Å². The minimum absolute atomic E-state index is 0.00232. The first-order valence-electron chi connectivity index (χ1n) is 10.00. The number of rotatable bonds is 8. The molecule has 0 unspecified atom stereocenters. The van der Waals surface area contributed by atoms with E-state index in [-0.39, 0.29) is 39.3 Å². The number of nitrogens with zero attached hydrogens (tertiary/aromatic N) is 1. The van der Waals surface area contributed by atoms with E-state index < -0.39 is 28.5 Å². The number of anilines is 3. The van der Waals surface area contributed by atoms with Crippen LogP contribution in [0.2, 0.25) is 0 Å². The smallest absolute Gasteiger partial charge is 0.338 e. The number of amides is 3. The van der Waals surface area contributed by atoms with Crippen LogP contribution in [-0.4, -0.2) is 57.1 Å². The fourth-order valence-corrected chi connectivity index (χ4v) is 4.00. The molecule has 11 nitrogen and oxygen atoms in total. The van der Waals surface area contributed by atoms with Crippen molar-refractivity contribution in [3.05, 3.63) is 47.5 Å². The van der Waals surface area contributed by atoms with E-state index in [9.17, 15) is 27.6 Å². The van der Waals surface area contributed by atoms with E-state index in [1.165, 1.54) is 58.3 Å². The van der Waals surface area contributed by atoms with Crippen LogP contribution in [0.25, 0.3) is 0 Å². The number of carbonyl (C=O) groups excluding carboxylic acids is 4. The summed E-state index contributed by atoms with van der Waals surface area (Å²) in [6.07, 6.45) is 0. The molecule has 2 aromatic rings. The maximum absolute atomic E-state index is 12.5. The lowest BCUT2D eigenvalue weighted by molar-refractivity contribution is -0.119. The molecule has 12 heteroatoms. The Morgan fingerprint density at radius 1 is 0.853 bits per heavy atom. The van der Waals surface area contributed by atoms with E-state index >= 15 is 0 Å². The molecule has 0 spiro atoms. The average molecular weight is 491 g/mol. The Morgan fingerprint density at radius 3 is 1.91 bits per heavy atom. The van der Waals surface area contributed by atoms with Gasteiger partial charge < -0.3 is 20.7 Å². The van der Waals surface area contributed by atoms with Crippen LogP contribution in [0.1, 0.15) is 29.8 Å². The number of aryl methyl sites for hydroxylation is 1. The van der Waals surface area contributed by atoms with Gasteiger partial charge in [0.25, 0.3) is 5.91 Å². The van der Waals surface area contributed by atoms with Gasteiger partial charge in [-0.1, -0.05) is 6.07 Å². The third kappa shape index (κ3) is 7.12. The van der Waals surface area contributed by atoms with Gasteiger partial charge in [-0.3, -0.25) is 14.4 Å². The summed E-state index contributed by atoms with van der Waals surface area (Å²) in [4.78, 5) is 47.5. The Hall–Kier alpha value is -3.77. The van der Waals surface area contributed by atoms with Gasteiger partial charge >= 0.3 is 5.97 Å². The molecule has 0 aromatic heterocycles. The number of hydrogen-bond donors (Lipinski definition) is 3. The topological polar surface area (TPSA) is 151 Å². The number of ether oxygens (including phenoxy) is 1. The van der Waals surface area contributed by atoms with Crippen LogP contribution < -0.4 is 16.0 Å². The van der Waals surface area contributed by atoms with Crippen LogP contribution in [0.3, 0.4) is 0 Å². The second kappa shape index (κ2) is 10.9. The normalized spacial score (nSPS) is 11.0. The highest BCUT2D eigenvalue weighted by atomic mass is 32.2. The van der Waals surface area contributed by atoms with E-state index in [2.05, 4.69) is 16.0 Å². The summed E-state index contributed by atoms with van der Waals surface area (Å²) in [7, 11) is -0.915. The maximum Gasteiger partial charge on any atom is 0.338 e. The zero-order valence-corrected chi connectivity index (χ0v) is 20.2. The number of hydrogen-bond acceptors (Lipinski definition) is 7. The van der Waals surface area contributed by atoms with Gasteiger partial charge in [0, 0.05) is 45.0 Å². The minimum atomic E-state index is -3.72. The molecule has 0 bridgehead atoms. The number of esters is 1. The Kier molecular flexibility index (Phi) is 8.49. The number of nitrogens with one attached hydrogen (secondary N) is 3. The molecule has 0 saturated heterocycles. The molecule has 2 aromatic carbocycles. The SMILES string of the molecule is CC(=O)Nc1cc(NC(C)=O)cc(C(=O)OCC(=O)Nc2ccc(C)c(S(=O)(=O)N(C)C)c2)c1. The van der Waals surface area contributed by atoms with Crippen LogP contribution in [-0.2, 0) is 29.1 Å². The molecule has 182 valence electrons. The van der Waals surface area contributed by atoms with E-state index in [1.54, 1.807) is 13.0 Å². The zero-order chi connectivity index (χ0) is 25.6. The molecule has 0 fully saturated rings. The van der Waals surface area contributed by atoms with Gasteiger partial charge in [0.2, 0.25) is 21.8 Å². The number of sulfonamides is 1. The minimum Gasteiger partial charge on any atom is -0.452 e. The molecule has 0 aliphatic heterocycles. The van der Waals surface area contributed by atoms with Gasteiger partial charge in [0.15, 0.2) is 6.61 Å². The lowest BCUT2D eigenvalue weighted by atomic mass is 10.1. The van der Waals surface area contributed by atoms with Crippen LogP contribution in [0.5, 0.6) is 0 Å². The quantitative estimate of drug-likeness (QED) is 0.479. The summed E-state index contributed by atoms with van der Waals surface area (Å²) in [6.45, 7) is 3.55. The van der Waals surface area contributed by atoms with Crippen LogP contribution in [0.4, 0.5) is 17.1 Å². The number of carbonyl (C=O) groups is 4. The fraction of sp³-hybridized carbons (Fsp3) is 0.273. The summed E-state index contributed by atoms with van der Waals surface area (Å²) in [5, 5.41) is 7.51. The predicted octanol–water partition coefficient (Wildman–Crippen LogP) is 1.96. The Labute approximate surface area is 197 Å². The first kappa shape index (κ1) is 26.5. The van der Waals surface area contributed by atoms with Crippen molar-refractivity contribution >= 4 is 50.8 Å². The average Bonchev–Trinajstić information content (AvgIpc) is 2.72. The molecule has 0 radical (unpaired) electrons. The van der Waals surface area contributed by atoms with Gasteiger partial charge in [0.1, 0.15) is 0 Å². The van der Waals surface area contributed by atoms with Gasteiger partial charge in [-0.05, 0) is 42.8 Å². The van der Waals surface area contributed by atoms with Gasteiger partial charge in [0.05, 0.1) is 10.5 Å². The van der Waals surface area contributed by atoms with Crippen molar-refractivity contribution in [2.45, 2.75) is 25.7 Å². The van der Waals surface area contributed by atoms with Crippen molar-refractivity contribution in [1.29, 1.82) is 0 Å². The molecule has 0 aliphatic carbocycles. The zero-order valence-electron chi connectivity index (χ0n) is 19.4. The van der Waals surface area contributed by atoms with Crippen LogP contribution in [0, 0.1) is 6.92 Å². The lowest BCUT2D eigenvalue weighted by Gasteiger charge is -2.15. The van der Waals surface area contributed by atoms with Crippen molar-refractivity contribution in [1.82, 2.24) is 4.31 Å². The first-order valence-corrected chi connectivity index (χ1v) is 11.4. The van der Waals surface area contributed by atoms with Crippen LogP contribution in [0.15, 0.2) is 41.3 Å². The second-order valence-corrected chi connectivity index (χ2v) is 9.67. The highest BCUT2D eigenvalue weighted by Gasteiger charge is 2.21. The molecule has 34 heavy (non-hydrogen) atoms. The summed E-state index contributed by atoms with van der Waals surface area (Å²) >= 11 is 0. The standard InChI is InChI=1S/C22H26N4O7S/c1-13-6-7-17(11-20(13)34(31,32)26(4)5)25-21(29)12-33-22(30)16-8-18(23-14(2)27)10-19(9-16)24-15(3)28/h6-11H,12H2,1-5H3,(H,23,27)(H,24,28)(H,25,29). The van der Waals surface area contributed by atoms with E-state index in [0.717, 1.165) is 4.31 Å². The molecule has 3 amide bonds. The number of benzene rings is 2. The molecule has 0 heterocycles. The molecular weight excluding hydrogens is 464 g/mol. The highest BCUT2D eigenvalue weighted by molar-refractivity contribution is 7.89. The van der Waals surface area contributed by atoms with Gasteiger partial charge in [-0.25, -0.2) is 17.5 Å². The third-order valence-corrected chi connectivity index (χ3v) is 6.33. The Morgan fingerprint density at radius 2 is 1.41 bits per heavy atom. The van der Waals surface area contributed by atoms with Crippen molar-refractivity contribution in [3.8, 4) is 0 Å². The van der Waals surface area contributed by atoms with Crippen molar-refractivity contribution < 1.29 is 32.3 Å². The van der Waals surface area contributed by atoms with Crippen molar-refractivity contribution in [2.24, 2.45) is 0 Å². The second-order valence-electron chi connectivity index (χ2n) is 7.55. The van der Waals surface area contributed by atoms with E-state index in [1.807, 2.05) is 0 Å². The summed E-state index contributed by atoms with van der Waals surface area (Å²) < 4.78 is 31.0. The molecule has 3 N–H and O–H groups in total. The summed E-state index contributed by atoms with van der Waals surface area (Å²) in [5.74, 6) is -2.32. The molecule has 0 saturated carbocycles. The molecule has 0 atom stereocenters. The van der Waals surface area contributed by atoms with E-state index in [0.29, 0.717) is 5.56 Å². The third-order valence-electron chi connectivity index (χ3n) is 4.37. The predicted molar refractivity (Wildman–Crippen MR) is 126 cm³/mol. The molecule has 2 rings (SSSR count). The fourth-order valence-electron chi connectivity index (χ4n) is 2.86. The maximum atomic E-state index is 12.5. The van der Waals surface area contributed by atoms with Crippen molar-refractivity contribution in [2.75, 3.05) is 36.7 Å². The summed E-state index contributed by atoms with van der Waals surface area (Å²) in [5.41, 5.74) is 1.23. The monoisotopic (exact) mass is 490 g/mol. The Balaban J connectivity index is 2.13. The Bertz CT molecular complexity index is 1210. The van der Waals surface area contributed by atoms with Gasteiger partial charge in [-0.15, -0.1) is 0 Å². The molecular formula is C22H26N4O7S. The first-order chi connectivity index (χ1) is 15.8. The van der Waals surface area contributed by atoms with Crippen molar-refractivity contribution in [3.63, 3.8) is 0 Å². The largest absolute Gasteiger partial charge is 0.452 e. The lowest BCUT2D eigenvalue weighted by Crippen LogP contribution is -2.24. The summed E-state index contributed by atoms with van der Waals surface area (Å²) in [6, 6.07) is 8.54. The van der Waals surface area contributed by atoms with Crippen LogP contribution >= 0.6 is 0 Å². The highest BCUT2D eigenvalue weighted by Crippen LogP contribution is 2.23.